The van der Waals surface area contributed by atoms with E-state index in [9.17, 15) is 18.0 Å². The molecule has 0 saturated carbocycles. The molecule has 22 heavy (non-hydrogen) atoms. The van der Waals surface area contributed by atoms with E-state index in [4.69, 9.17) is 0 Å². The minimum absolute atomic E-state index is 0.138. The second kappa shape index (κ2) is 5.03. The van der Waals surface area contributed by atoms with Crippen molar-refractivity contribution in [2.24, 2.45) is 0 Å². The fourth-order valence-corrected chi connectivity index (χ4v) is 4.73. The number of H-pyrrole nitrogens is 1. The third-order valence-corrected chi connectivity index (χ3v) is 5.95. The molecule has 0 aliphatic carbocycles. The summed E-state index contributed by atoms with van der Waals surface area (Å²) in [5.41, 5.74) is 0.273. The number of nitrogens with one attached hydrogen (secondary N) is 2. The molecule has 7 nitrogen and oxygen atoms in total. The van der Waals surface area contributed by atoms with Gasteiger partial charge in [0, 0.05) is 5.41 Å². The Morgan fingerprint density at radius 1 is 1.45 bits per heavy atom. The lowest BCUT2D eigenvalue weighted by Gasteiger charge is -2.09. The van der Waals surface area contributed by atoms with Gasteiger partial charge in [0.05, 0.1) is 22.1 Å². The van der Waals surface area contributed by atoms with Crippen LogP contribution in [0.25, 0.3) is 10.2 Å². The molecule has 0 fully saturated rings. The fraction of sp³-hybridized carbons (Fsp3) is 0.308. The van der Waals surface area contributed by atoms with Crippen LogP contribution in [0.5, 0.6) is 0 Å². The molecule has 9 heteroatoms. The molecule has 0 spiro atoms. The van der Waals surface area contributed by atoms with Crippen LogP contribution in [0.15, 0.2) is 16.3 Å². The van der Waals surface area contributed by atoms with Crippen molar-refractivity contribution >= 4 is 37.3 Å². The Labute approximate surface area is 130 Å². The minimum atomic E-state index is -3.23. The SMILES string of the molecule is Cc1nc2sc(C(=O)N[C@H]3C=CS(=O)(=O)C3)c(C)c2c(=O)[nH]1. The number of sulfone groups is 1. The number of aryl methyl sites for hydroxylation is 2. The molecular weight excluding hydrogens is 326 g/mol. The van der Waals surface area contributed by atoms with Crippen molar-refractivity contribution in [3.8, 4) is 0 Å². The maximum Gasteiger partial charge on any atom is 0.262 e. The Morgan fingerprint density at radius 3 is 2.82 bits per heavy atom. The number of nitrogens with zero attached hydrogens (tertiary/aromatic N) is 1. The fourth-order valence-electron chi connectivity index (χ4n) is 2.37. The summed E-state index contributed by atoms with van der Waals surface area (Å²) in [4.78, 5) is 32.0. The first-order valence-electron chi connectivity index (χ1n) is 6.49. The van der Waals surface area contributed by atoms with Crippen LogP contribution < -0.4 is 10.9 Å². The predicted octanol–water partition coefficient (Wildman–Crippen LogP) is 0.642. The van der Waals surface area contributed by atoms with Gasteiger partial charge in [-0.25, -0.2) is 13.4 Å². The predicted molar refractivity (Wildman–Crippen MR) is 83.9 cm³/mol. The highest BCUT2D eigenvalue weighted by Crippen LogP contribution is 2.27. The van der Waals surface area contributed by atoms with Gasteiger partial charge in [0.25, 0.3) is 11.5 Å². The summed E-state index contributed by atoms with van der Waals surface area (Å²) in [6, 6.07) is -0.546. The molecule has 3 rings (SSSR count). The first-order valence-corrected chi connectivity index (χ1v) is 9.02. The molecule has 3 heterocycles. The molecule has 2 aromatic heterocycles. The quantitative estimate of drug-likeness (QED) is 0.834. The molecule has 1 atom stereocenters. The molecule has 1 aliphatic rings. The van der Waals surface area contributed by atoms with E-state index in [1.54, 1.807) is 13.8 Å². The molecule has 0 aromatic carbocycles. The van der Waals surface area contributed by atoms with Crippen molar-refractivity contribution in [2.75, 3.05) is 5.75 Å². The number of aromatic nitrogens is 2. The largest absolute Gasteiger partial charge is 0.344 e. The van der Waals surface area contributed by atoms with E-state index in [0.717, 1.165) is 16.7 Å². The van der Waals surface area contributed by atoms with Gasteiger partial charge in [-0.3, -0.25) is 9.59 Å². The smallest absolute Gasteiger partial charge is 0.262 e. The van der Waals surface area contributed by atoms with Gasteiger partial charge in [0.15, 0.2) is 9.84 Å². The monoisotopic (exact) mass is 339 g/mol. The average Bonchev–Trinajstić information content (AvgIpc) is 2.89. The third kappa shape index (κ3) is 2.57. The Balaban J connectivity index is 1.95. The highest BCUT2D eigenvalue weighted by Gasteiger charge is 2.25. The van der Waals surface area contributed by atoms with Gasteiger partial charge < -0.3 is 10.3 Å². The van der Waals surface area contributed by atoms with Gasteiger partial charge in [-0.15, -0.1) is 11.3 Å². The number of fused-ring (bicyclic) bond motifs is 1. The van der Waals surface area contributed by atoms with Crippen LogP contribution in [-0.4, -0.2) is 36.1 Å². The van der Waals surface area contributed by atoms with Gasteiger partial charge in [0.1, 0.15) is 10.7 Å². The van der Waals surface area contributed by atoms with Gasteiger partial charge in [-0.05, 0) is 25.5 Å². The average molecular weight is 339 g/mol. The van der Waals surface area contributed by atoms with Crippen molar-refractivity contribution in [3.63, 3.8) is 0 Å². The lowest BCUT2D eigenvalue weighted by atomic mass is 10.2. The number of amides is 1. The van der Waals surface area contributed by atoms with E-state index in [1.165, 1.54) is 6.08 Å². The normalized spacial score (nSPS) is 19.6. The van der Waals surface area contributed by atoms with Crippen molar-refractivity contribution < 1.29 is 13.2 Å². The Hall–Kier alpha value is -2.00. The lowest BCUT2D eigenvalue weighted by molar-refractivity contribution is 0.0951. The summed E-state index contributed by atoms with van der Waals surface area (Å²) >= 11 is 1.13. The molecule has 2 aromatic rings. The zero-order chi connectivity index (χ0) is 16.1. The number of hydrogen-bond acceptors (Lipinski definition) is 6. The standard InChI is InChI=1S/C13H13N3O4S2/c1-6-9-11(17)14-7(2)15-13(9)21-10(6)12(18)16-8-3-4-22(19,20)5-8/h3-4,8H,5H2,1-2H3,(H,16,18)(H,14,15,17)/t8-/m0/s1. The topological polar surface area (TPSA) is 109 Å². The van der Waals surface area contributed by atoms with Crippen LogP contribution in [-0.2, 0) is 9.84 Å². The molecule has 2 N–H and O–H groups in total. The molecule has 0 saturated heterocycles. The number of thiophene rings is 1. The van der Waals surface area contributed by atoms with Crippen molar-refractivity contribution in [2.45, 2.75) is 19.9 Å². The number of carbonyl (C=O) groups excluding carboxylic acids is 1. The Bertz CT molecular complexity index is 969. The summed E-state index contributed by atoms with van der Waals surface area (Å²) in [5.74, 6) is -0.0551. The van der Waals surface area contributed by atoms with E-state index in [1.807, 2.05) is 0 Å². The highest BCUT2D eigenvalue weighted by molar-refractivity contribution is 7.94. The molecule has 0 radical (unpaired) electrons. The van der Waals surface area contributed by atoms with E-state index >= 15 is 0 Å². The summed E-state index contributed by atoms with van der Waals surface area (Å²) < 4.78 is 22.7. The Kier molecular flexibility index (Phi) is 3.41. The number of carbonyl (C=O) groups is 1. The number of aromatic amines is 1. The highest BCUT2D eigenvalue weighted by atomic mass is 32.2. The number of rotatable bonds is 2. The molecule has 0 bridgehead atoms. The molecule has 116 valence electrons. The van der Waals surface area contributed by atoms with Gasteiger partial charge in [-0.1, -0.05) is 0 Å². The summed E-state index contributed by atoms with van der Waals surface area (Å²) in [7, 11) is -3.23. The van der Waals surface area contributed by atoms with Crippen molar-refractivity contribution in [3.05, 3.63) is 38.1 Å². The van der Waals surface area contributed by atoms with Gasteiger partial charge in [0.2, 0.25) is 0 Å². The lowest BCUT2D eigenvalue weighted by Crippen LogP contribution is -2.35. The Morgan fingerprint density at radius 2 is 2.18 bits per heavy atom. The summed E-state index contributed by atoms with van der Waals surface area (Å²) in [6.07, 6.45) is 1.45. The zero-order valence-electron chi connectivity index (χ0n) is 11.8. The molecular formula is C13H13N3O4S2. The van der Waals surface area contributed by atoms with Crippen LogP contribution in [0.3, 0.4) is 0 Å². The maximum atomic E-state index is 12.3. The third-order valence-electron chi connectivity index (χ3n) is 3.37. The van der Waals surface area contributed by atoms with Crippen LogP contribution in [0.4, 0.5) is 0 Å². The van der Waals surface area contributed by atoms with Crippen LogP contribution >= 0.6 is 11.3 Å². The summed E-state index contributed by atoms with van der Waals surface area (Å²) in [6.45, 7) is 3.35. The van der Waals surface area contributed by atoms with Crippen LogP contribution in [0.1, 0.15) is 21.1 Å². The minimum Gasteiger partial charge on any atom is -0.344 e. The van der Waals surface area contributed by atoms with Crippen LogP contribution in [0, 0.1) is 13.8 Å². The number of hydrogen-bond donors (Lipinski definition) is 2. The second-order valence-corrected chi connectivity index (χ2v) is 8.06. The van der Waals surface area contributed by atoms with Crippen molar-refractivity contribution in [1.82, 2.24) is 15.3 Å². The van der Waals surface area contributed by atoms with E-state index in [2.05, 4.69) is 15.3 Å². The van der Waals surface area contributed by atoms with E-state index < -0.39 is 21.8 Å². The zero-order valence-corrected chi connectivity index (χ0v) is 13.5. The van der Waals surface area contributed by atoms with Gasteiger partial charge in [-0.2, -0.15) is 0 Å². The first kappa shape index (κ1) is 14.9. The van der Waals surface area contributed by atoms with Crippen LogP contribution in [0.2, 0.25) is 0 Å². The van der Waals surface area contributed by atoms with Crippen molar-refractivity contribution in [1.29, 1.82) is 0 Å². The van der Waals surface area contributed by atoms with Gasteiger partial charge >= 0.3 is 0 Å². The second-order valence-electron chi connectivity index (χ2n) is 5.13. The molecule has 1 aliphatic heterocycles. The molecule has 0 unspecified atom stereocenters. The summed E-state index contributed by atoms with van der Waals surface area (Å²) in [5, 5.41) is 4.15. The first-order chi connectivity index (χ1) is 10.3. The van der Waals surface area contributed by atoms with E-state index in [0.29, 0.717) is 26.5 Å². The maximum absolute atomic E-state index is 12.3. The van der Waals surface area contributed by atoms with E-state index in [-0.39, 0.29) is 11.3 Å². The molecule has 1 amide bonds.